The summed E-state index contributed by atoms with van der Waals surface area (Å²) in [6, 6.07) is 2.98. The third kappa shape index (κ3) is 4.06. The zero-order valence-electron chi connectivity index (χ0n) is 12.6. The number of hydrogen-bond donors (Lipinski definition) is 1. The summed E-state index contributed by atoms with van der Waals surface area (Å²) < 4.78 is 5.58. The maximum atomic E-state index is 11.0. The number of ether oxygens (including phenoxy) is 1. The van der Waals surface area contributed by atoms with Crippen LogP contribution < -0.4 is 10.1 Å². The van der Waals surface area contributed by atoms with Crippen LogP contribution in [0.25, 0.3) is 0 Å². The second-order valence-corrected chi connectivity index (χ2v) is 5.30. The number of anilines is 1. The van der Waals surface area contributed by atoms with Crippen LogP contribution in [-0.2, 0) is 0 Å². The molecule has 7 heteroatoms. The molecule has 0 spiro atoms. The van der Waals surface area contributed by atoms with Gasteiger partial charge in [0.25, 0.3) is 5.88 Å². The van der Waals surface area contributed by atoms with E-state index in [0.717, 1.165) is 0 Å². The van der Waals surface area contributed by atoms with E-state index in [1.165, 1.54) is 6.07 Å². The number of nitrogens with zero attached hydrogens (tertiary/aromatic N) is 3. The first-order valence-electron chi connectivity index (χ1n) is 6.47. The van der Waals surface area contributed by atoms with Crippen molar-refractivity contribution in [1.82, 2.24) is 9.88 Å². The highest BCUT2D eigenvalue weighted by Crippen LogP contribution is 2.27. The summed E-state index contributed by atoms with van der Waals surface area (Å²) in [6.45, 7) is 6.91. The van der Waals surface area contributed by atoms with Gasteiger partial charge < -0.3 is 15.0 Å². The predicted octanol–water partition coefficient (Wildman–Crippen LogP) is 2.14. The molecule has 1 aromatic heterocycles. The van der Waals surface area contributed by atoms with Crippen molar-refractivity contribution in [2.75, 3.05) is 32.6 Å². The molecule has 1 rings (SSSR count). The van der Waals surface area contributed by atoms with Crippen molar-refractivity contribution >= 4 is 11.5 Å². The normalized spacial score (nSPS) is 11.5. The Morgan fingerprint density at radius 2 is 2.10 bits per heavy atom. The molecule has 0 amide bonds. The van der Waals surface area contributed by atoms with Crippen molar-refractivity contribution in [3.63, 3.8) is 0 Å². The molecule has 0 aliphatic carbocycles. The van der Waals surface area contributed by atoms with E-state index in [4.69, 9.17) is 4.74 Å². The molecular weight excluding hydrogens is 260 g/mol. The molecular formula is C13H22N4O3. The number of nitro groups is 1. The van der Waals surface area contributed by atoms with Gasteiger partial charge in [-0.1, -0.05) is 0 Å². The Kier molecular flexibility index (Phi) is 5.26. The molecule has 0 aromatic carbocycles. The van der Waals surface area contributed by atoms with E-state index in [1.807, 2.05) is 39.8 Å². The van der Waals surface area contributed by atoms with E-state index in [0.29, 0.717) is 19.0 Å². The minimum Gasteiger partial charge on any atom is -0.471 e. The van der Waals surface area contributed by atoms with Gasteiger partial charge in [0.2, 0.25) is 0 Å². The fourth-order valence-corrected chi connectivity index (χ4v) is 1.33. The summed E-state index contributed by atoms with van der Waals surface area (Å²) in [4.78, 5) is 16.7. The van der Waals surface area contributed by atoms with Crippen LogP contribution in [0.4, 0.5) is 11.5 Å². The van der Waals surface area contributed by atoms with E-state index in [-0.39, 0.29) is 17.1 Å². The van der Waals surface area contributed by atoms with Crippen LogP contribution in [0.15, 0.2) is 12.1 Å². The summed E-state index contributed by atoms with van der Waals surface area (Å²) in [7, 11) is 3.86. The van der Waals surface area contributed by atoms with E-state index in [1.54, 1.807) is 6.07 Å². The lowest BCUT2D eigenvalue weighted by atomic mass is 10.1. The second kappa shape index (κ2) is 6.51. The number of likely N-dealkylation sites (N-methyl/N-ethyl adjacent to an activating group) is 1. The molecule has 20 heavy (non-hydrogen) atoms. The third-order valence-electron chi connectivity index (χ3n) is 3.17. The highest BCUT2D eigenvalue weighted by molar-refractivity contribution is 5.49. The van der Waals surface area contributed by atoms with Crippen molar-refractivity contribution < 1.29 is 9.66 Å². The van der Waals surface area contributed by atoms with Crippen LogP contribution in [0.2, 0.25) is 0 Å². The van der Waals surface area contributed by atoms with Crippen LogP contribution in [0.3, 0.4) is 0 Å². The van der Waals surface area contributed by atoms with E-state index < -0.39 is 4.92 Å². The lowest BCUT2D eigenvalue weighted by Gasteiger charge is -2.31. The molecule has 0 radical (unpaired) electrons. The van der Waals surface area contributed by atoms with Gasteiger partial charge in [-0.15, -0.1) is 0 Å². The van der Waals surface area contributed by atoms with Crippen molar-refractivity contribution in [2.24, 2.45) is 0 Å². The van der Waals surface area contributed by atoms with Gasteiger partial charge in [0, 0.05) is 18.2 Å². The quantitative estimate of drug-likeness (QED) is 0.609. The van der Waals surface area contributed by atoms with Crippen molar-refractivity contribution in [3.8, 4) is 5.88 Å². The van der Waals surface area contributed by atoms with Crippen LogP contribution >= 0.6 is 0 Å². The fraction of sp³-hybridized carbons (Fsp3) is 0.615. The van der Waals surface area contributed by atoms with Gasteiger partial charge in [0.05, 0.1) is 4.92 Å². The molecule has 1 heterocycles. The number of pyridine rings is 1. The summed E-state index contributed by atoms with van der Waals surface area (Å²) in [6.07, 6.45) is 0. The Labute approximate surface area is 119 Å². The molecule has 0 atom stereocenters. The second-order valence-electron chi connectivity index (χ2n) is 5.30. The zero-order chi connectivity index (χ0) is 15.3. The number of nitrogens with one attached hydrogen (secondary N) is 1. The van der Waals surface area contributed by atoms with E-state index in [9.17, 15) is 10.1 Å². The first kappa shape index (κ1) is 16.2. The molecule has 7 nitrogen and oxygen atoms in total. The summed E-state index contributed by atoms with van der Waals surface area (Å²) in [5.41, 5.74) is -0.370. The summed E-state index contributed by atoms with van der Waals surface area (Å²) in [5.74, 6) is 0.610. The van der Waals surface area contributed by atoms with Crippen molar-refractivity contribution in [3.05, 3.63) is 22.2 Å². The first-order valence-corrected chi connectivity index (χ1v) is 6.47. The Bertz CT molecular complexity index is 475. The molecule has 0 saturated carbocycles. The van der Waals surface area contributed by atoms with Gasteiger partial charge in [-0.2, -0.15) is 4.98 Å². The topological polar surface area (TPSA) is 80.5 Å². The maximum absolute atomic E-state index is 11.0. The maximum Gasteiger partial charge on any atom is 0.331 e. The molecule has 0 fully saturated rings. The van der Waals surface area contributed by atoms with Crippen LogP contribution in [0, 0.1) is 10.1 Å². The van der Waals surface area contributed by atoms with Crippen LogP contribution in [-0.4, -0.2) is 47.6 Å². The van der Waals surface area contributed by atoms with Crippen molar-refractivity contribution in [2.45, 2.75) is 26.3 Å². The number of rotatable bonds is 7. The molecule has 1 N–H and O–H groups in total. The average molecular weight is 282 g/mol. The highest BCUT2D eigenvalue weighted by Gasteiger charge is 2.25. The first-order chi connectivity index (χ1) is 9.27. The lowest BCUT2D eigenvalue weighted by Crippen LogP contribution is -2.43. The highest BCUT2D eigenvalue weighted by atomic mass is 16.6. The molecule has 0 saturated heterocycles. The third-order valence-corrected chi connectivity index (χ3v) is 3.17. The molecule has 1 aromatic rings. The van der Waals surface area contributed by atoms with Crippen molar-refractivity contribution in [1.29, 1.82) is 0 Å². The van der Waals surface area contributed by atoms with Crippen LogP contribution in [0.5, 0.6) is 5.88 Å². The summed E-state index contributed by atoms with van der Waals surface area (Å²) in [5, 5.41) is 14.0. The van der Waals surface area contributed by atoms with Gasteiger partial charge in [-0.25, -0.2) is 0 Å². The van der Waals surface area contributed by atoms with Gasteiger partial charge in [0.1, 0.15) is 12.4 Å². The van der Waals surface area contributed by atoms with Gasteiger partial charge in [-0.3, -0.25) is 10.1 Å². The Morgan fingerprint density at radius 3 is 2.60 bits per heavy atom. The van der Waals surface area contributed by atoms with E-state index in [2.05, 4.69) is 10.3 Å². The Morgan fingerprint density at radius 1 is 1.45 bits per heavy atom. The van der Waals surface area contributed by atoms with Gasteiger partial charge in [-0.05, 0) is 40.9 Å². The molecule has 112 valence electrons. The average Bonchev–Trinajstić information content (AvgIpc) is 2.36. The number of hydrogen-bond acceptors (Lipinski definition) is 6. The molecule has 0 aliphatic heterocycles. The monoisotopic (exact) mass is 282 g/mol. The minimum atomic E-state index is -0.485. The Balaban J connectivity index is 2.96. The SMILES string of the molecule is CCNc1ccc([N+](=O)[O-])c(OCC(C)(C)N(C)C)n1. The Hall–Kier alpha value is -1.89. The van der Waals surface area contributed by atoms with Crippen LogP contribution in [0.1, 0.15) is 20.8 Å². The fourth-order valence-electron chi connectivity index (χ4n) is 1.33. The lowest BCUT2D eigenvalue weighted by molar-refractivity contribution is -0.386. The number of aromatic nitrogens is 1. The molecule has 0 aliphatic rings. The summed E-state index contributed by atoms with van der Waals surface area (Å²) >= 11 is 0. The molecule has 0 unspecified atom stereocenters. The predicted molar refractivity (Wildman–Crippen MR) is 78.3 cm³/mol. The molecule has 0 bridgehead atoms. The zero-order valence-corrected chi connectivity index (χ0v) is 12.6. The van der Waals surface area contributed by atoms with E-state index >= 15 is 0 Å². The largest absolute Gasteiger partial charge is 0.471 e. The minimum absolute atomic E-state index is 0.0448. The smallest absolute Gasteiger partial charge is 0.331 e. The standard InChI is InChI=1S/C13H22N4O3/c1-6-14-11-8-7-10(17(18)19)12(15-11)20-9-13(2,3)16(4)5/h7-8H,6,9H2,1-5H3,(H,14,15). The van der Waals surface area contributed by atoms with Gasteiger partial charge >= 0.3 is 5.69 Å². The van der Waals surface area contributed by atoms with Gasteiger partial charge in [0.15, 0.2) is 0 Å².